The van der Waals surface area contributed by atoms with Gasteiger partial charge in [0.2, 0.25) is 17.5 Å². The first-order valence-electron chi connectivity index (χ1n) is 11.4. The van der Waals surface area contributed by atoms with Crippen molar-refractivity contribution < 1.29 is 19.3 Å². The summed E-state index contributed by atoms with van der Waals surface area (Å²) in [6, 6.07) is 0. The Kier molecular flexibility index (Phi) is 4.59. The maximum Gasteiger partial charge on any atom is 0.220 e. The Bertz CT molecular complexity index is 603. The van der Waals surface area contributed by atoms with Crippen molar-refractivity contribution >= 4 is 5.91 Å². The minimum atomic E-state index is -0.647. The van der Waals surface area contributed by atoms with Gasteiger partial charge >= 0.3 is 0 Å². The SMILES string of the molecule is CC(C)(N)CNC(=O)C[C@@H]1CCC[C@]2(C1)OOC1(O2)C2CC3CC(C2)CC1C3. The molecule has 1 heterocycles. The van der Waals surface area contributed by atoms with Gasteiger partial charge in [-0.3, -0.25) is 4.79 Å². The van der Waals surface area contributed by atoms with Crippen LogP contribution in [-0.2, 0) is 19.3 Å². The third-order valence-electron chi connectivity index (χ3n) is 7.93. The molecular formula is C22H36N2O4. The zero-order chi connectivity index (χ0) is 19.6. The number of nitrogens with two attached hydrogens (primary N) is 1. The molecule has 0 aromatic heterocycles. The summed E-state index contributed by atoms with van der Waals surface area (Å²) in [7, 11) is 0. The van der Waals surface area contributed by atoms with Crippen molar-refractivity contribution in [2.24, 2.45) is 35.3 Å². The van der Waals surface area contributed by atoms with Gasteiger partial charge in [-0.1, -0.05) is 0 Å². The van der Waals surface area contributed by atoms with Crippen LogP contribution in [0.2, 0.25) is 0 Å². The first kappa shape index (κ1) is 19.3. The summed E-state index contributed by atoms with van der Waals surface area (Å²) < 4.78 is 6.78. The third kappa shape index (κ3) is 3.40. The average Bonchev–Trinajstić information content (AvgIpc) is 2.97. The molecule has 4 bridgehead atoms. The van der Waals surface area contributed by atoms with E-state index in [1.807, 2.05) is 13.8 Å². The largest absolute Gasteiger partial charge is 0.354 e. The summed E-state index contributed by atoms with van der Waals surface area (Å²) in [5.74, 6) is 1.89. The smallest absolute Gasteiger partial charge is 0.220 e. The van der Waals surface area contributed by atoms with Crippen LogP contribution in [0.1, 0.15) is 78.1 Å². The number of carbonyl (C=O) groups is 1. The first-order chi connectivity index (χ1) is 13.3. The van der Waals surface area contributed by atoms with E-state index in [-0.39, 0.29) is 17.4 Å². The van der Waals surface area contributed by atoms with E-state index in [4.69, 9.17) is 20.2 Å². The van der Waals surface area contributed by atoms with Crippen LogP contribution < -0.4 is 11.1 Å². The molecule has 1 amide bonds. The fourth-order valence-electron chi connectivity index (χ4n) is 6.92. The summed E-state index contributed by atoms with van der Waals surface area (Å²) in [6.07, 6.45) is 10.5. The molecule has 1 saturated heterocycles. The highest BCUT2D eigenvalue weighted by molar-refractivity contribution is 5.76. The zero-order valence-electron chi connectivity index (χ0n) is 17.4. The molecular weight excluding hydrogens is 356 g/mol. The van der Waals surface area contributed by atoms with Crippen molar-refractivity contribution in [1.82, 2.24) is 5.32 Å². The number of amides is 1. The molecule has 6 aliphatic rings. The quantitative estimate of drug-likeness (QED) is 0.718. The van der Waals surface area contributed by atoms with Gasteiger partial charge in [0.05, 0.1) is 0 Å². The molecule has 6 rings (SSSR count). The van der Waals surface area contributed by atoms with Crippen LogP contribution in [0, 0.1) is 29.6 Å². The third-order valence-corrected chi connectivity index (χ3v) is 7.93. The monoisotopic (exact) mass is 392 g/mol. The number of nitrogens with one attached hydrogen (secondary N) is 1. The Balaban J connectivity index is 1.23. The van der Waals surface area contributed by atoms with Crippen molar-refractivity contribution in [3.05, 3.63) is 0 Å². The highest BCUT2D eigenvalue weighted by atomic mass is 17.3. The minimum absolute atomic E-state index is 0.0730. The van der Waals surface area contributed by atoms with E-state index in [0.717, 1.165) is 37.5 Å². The van der Waals surface area contributed by atoms with Crippen LogP contribution in [0.5, 0.6) is 0 Å². The lowest BCUT2D eigenvalue weighted by molar-refractivity contribution is -0.390. The van der Waals surface area contributed by atoms with E-state index in [9.17, 15) is 4.79 Å². The maximum absolute atomic E-state index is 12.4. The Morgan fingerprint density at radius 3 is 2.43 bits per heavy atom. The number of hydrogen-bond donors (Lipinski definition) is 2. The molecule has 2 spiro atoms. The normalized spacial score (nSPS) is 47.2. The van der Waals surface area contributed by atoms with Gasteiger partial charge in [0.15, 0.2) is 0 Å². The second kappa shape index (κ2) is 6.66. The lowest BCUT2D eigenvalue weighted by atomic mass is 9.53. The summed E-state index contributed by atoms with van der Waals surface area (Å²) in [6.45, 7) is 4.34. The second-order valence-electron chi connectivity index (χ2n) is 11.1. The minimum Gasteiger partial charge on any atom is -0.354 e. The van der Waals surface area contributed by atoms with Crippen LogP contribution in [-0.4, -0.2) is 29.6 Å². The Hall–Kier alpha value is -0.690. The number of carbonyl (C=O) groups excluding carboxylic acids is 1. The van der Waals surface area contributed by atoms with Crippen LogP contribution in [0.15, 0.2) is 0 Å². The van der Waals surface area contributed by atoms with Crippen LogP contribution in [0.25, 0.3) is 0 Å². The molecule has 5 saturated carbocycles. The zero-order valence-corrected chi connectivity index (χ0v) is 17.4. The van der Waals surface area contributed by atoms with Crippen molar-refractivity contribution in [2.45, 2.75) is 95.2 Å². The van der Waals surface area contributed by atoms with E-state index >= 15 is 0 Å². The molecule has 6 heteroatoms. The van der Waals surface area contributed by atoms with E-state index in [2.05, 4.69) is 5.32 Å². The van der Waals surface area contributed by atoms with Crippen LogP contribution in [0.3, 0.4) is 0 Å². The lowest BCUT2D eigenvalue weighted by Gasteiger charge is -2.57. The molecule has 1 aliphatic heterocycles. The van der Waals surface area contributed by atoms with Crippen LogP contribution in [0.4, 0.5) is 0 Å². The van der Waals surface area contributed by atoms with Gasteiger partial charge in [-0.15, -0.1) is 0 Å². The summed E-state index contributed by atoms with van der Waals surface area (Å²) in [5, 5.41) is 2.97. The fourth-order valence-corrected chi connectivity index (χ4v) is 6.92. The second-order valence-corrected chi connectivity index (χ2v) is 11.1. The summed E-state index contributed by atoms with van der Waals surface area (Å²) >= 11 is 0. The predicted molar refractivity (Wildman–Crippen MR) is 104 cm³/mol. The Morgan fingerprint density at radius 1 is 1.11 bits per heavy atom. The van der Waals surface area contributed by atoms with Gasteiger partial charge in [0, 0.05) is 43.2 Å². The molecule has 0 radical (unpaired) electrons. The molecule has 5 aliphatic carbocycles. The predicted octanol–water partition coefficient (Wildman–Crippen LogP) is 3.25. The van der Waals surface area contributed by atoms with Crippen LogP contribution >= 0.6 is 0 Å². The Morgan fingerprint density at radius 2 is 1.79 bits per heavy atom. The van der Waals surface area contributed by atoms with Gasteiger partial charge in [-0.25, -0.2) is 0 Å². The van der Waals surface area contributed by atoms with E-state index < -0.39 is 11.6 Å². The van der Waals surface area contributed by atoms with Gasteiger partial charge in [0.1, 0.15) is 0 Å². The highest BCUT2D eigenvalue weighted by Crippen LogP contribution is 2.64. The Labute approximate surface area is 168 Å². The van der Waals surface area contributed by atoms with E-state index in [0.29, 0.717) is 24.8 Å². The molecule has 2 atom stereocenters. The average molecular weight is 393 g/mol. The van der Waals surface area contributed by atoms with Crippen molar-refractivity contribution in [1.29, 1.82) is 0 Å². The van der Waals surface area contributed by atoms with Crippen molar-refractivity contribution in [3.8, 4) is 0 Å². The molecule has 6 nitrogen and oxygen atoms in total. The molecule has 28 heavy (non-hydrogen) atoms. The molecule has 6 fully saturated rings. The molecule has 158 valence electrons. The van der Waals surface area contributed by atoms with Gasteiger partial charge in [-0.05, 0) is 76.5 Å². The lowest BCUT2D eigenvalue weighted by Crippen LogP contribution is -2.59. The van der Waals surface area contributed by atoms with E-state index in [1.54, 1.807) is 0 Å². The molecule has 3 N–H and O–H groups in total. The maximum atomic E-state index is 12.4. The topological polar surface area (TPSA) is 82.8 Å². The van der Waals surface area contributed by atoms with E-state index in [1.165, 1.54) is 32.1 Å². The van der Waals surface area contributed by atoms with Gasteiger partial charge in [0.25, 0.3) is 0 Å². The molecule has 0 aromatic rings. The highest BCUT2D eigenvalue weighted by Gasteiger charge is 2.66. The van der Waals surface area contributed by atoms with Gasteiger partial charge < -0.3 is 15.8 Å². The number of hydrogen-bond acceptors (Lipinski definition) is 5. The van der Waals surface area contributed by atoms with Gasteiger partial charge in [-0.2, -0.15) is 9.78 Å². The van der Waals surface area contributed by atoms with Crippen molar-refractivity contribution in [3.63, 3.8) is 0 Å². The number of ether oxygens (including phenoxy) is 1. The summed E-state index contributed by atoms with van der Waals surface area (Å²) in [4.78, 5) is 24.5. The number of rotatable bonds is 4. The van der Waals surface area contributed by atoms with Crippen molar-refractivity contribution in [2.75, 3.05) is 6.54 Å². The molecule has 0 unspecified atom stereocenters. The fraction of sp³-hybridized carbons (Fsp3) is 0.955. The first-order valence-corrected chi connectivity index (χ1v) is 11.4. The molecule has 0 aromatic carbocycles. The summed E-state index contributed by atoms with van der Waals surface area (Å²) in [5.41, 5.74) is 5.59. The standard InChI is InChI=1S/C22H36N2O4/c1-20(2,23)13-24-19(25)11-14-4-3-5-21(12-14)26-22(28-27-21)17-7-15-6-16(9-17)10-18(22)8-15/h14-18H,3-13,23H2,1-2H3,(H,24,25)/t14-,15?,16?,17?,18?,21+,22?/m0/s1.